The van der Waals surface area contributed by atoms with E-state index in [9.17, 15) is 9.90 Å². The number of ether oxygens (including phenoxy) is 1. The summed E-state index contributed by atoms with van der Waals surface area (Å²) in [6, 6.07) is 3.89. The molecule has 1 aliphatic heterocycles. The summed E-state index contributed by atoms with van der Waals surface area (Å²) in [4.78, 5) is 18.6. The summed E-state index contributed by atoms with van der Waals surface area (Å²) in [5.74, 6) is 1.13. The predicted octanol–water partition coefficient (Wildman–Crippen LogP) is 3.56. The molecule has 1 fully saturated rings. The third-order valence-corrected chi connectivity index (χ3v) is 5.47. The molecule has 7 nitrogen and oxygen atoms in total. The second-order valence-corrected chi connectivity index (χ2v) is 8.89. The van der Waals surface area contributed by atoms with E-state index in [2.05, 4.69) is 26.6 Å². The van der Waals surface area contributed by atoms with E-state index in [1.54, 1.807) is 13.1 Å². The van der Waals surface area contributed by atoms with Gasteiger partial charge < -0.3 is 25.4 Å². The van der Waals surface area contributed by atoms with Crippen molar-refractivity contribution < 1.29 is 14.6 Å². The first-order chi connectivity index (χ1) is 13.8. The Morgan fingerprint density at radius 1 is 1.30 bits per heavy atom. The number of phenols is 1. The average molecular weight is 530 g/mol. The Labute approximate surface area is 196 Å². The van der Waals surface area contributed by atoms with E-state index >= 15 is 0 Å². The molecule has 8 heteroatoms. The van der Waals surface area contributed by atoms with Crippen molar-refractivity contribution in [2.75, 3.05) is 20.1 Å². The smallest absolute Gasteiger partial charge is 0.407 e. The van der Waals surface area contributed by atoms with E-state index in [1.165, 1.54) is 24.0 Å². The fourth-order valence-electron chi connectivity index (χ4n) is 4.13. The van der Waals surface area contributed by atoms with Gasteiger partial charge in [-0.2, -0.15) is 0 Å². The molecule has 0 spiro atoms. The van der Waals surface area contributed by atoms with E-state index in [-0.39, 0.29) is 36.1 Å². The van der Waals surface area contributed by atoms with Gasteiger partial charge in [-0.3, -0.25) is 4.99 Å². The largest absolute Gasteiger partial charge is 0.508 e. The van der Waals surface area contributed by atoms with Crippen LogP contribution in [0.3, 0.4) is 0 Å². The molecule has 0 aromatic heterocycles. The number of alkyl carbamates (subject to hydrolysis) is 1. The molecule has 30 heavy (non-hydrogen) atoms. The van der Waals surface area contributed by atoms with Crippen LogP contribution in [0.1, 0.15) is 56.7 Å². The van der Waals surface area contributed by atoms with Crippen molar-refractivity contribution in [2.45, 2.75) is 71.1 Å². The van der Waals surface area contributed by atoms with Gasteiger partial charge in [0.2, 0.25) is 0 Å². The van der Waals surface area contributed by atoms with E-state index in [4.69, 9.17) is 4.74 Å². The lowest BCUT2D eigenvalue weighted by molar-refractivity contribution is 0.0507. The topological polar surface area (TPSA) is 86.2 Å². The number of aromatic hydroxyl groups is 1. The zero-order valence-corrected chi connectivity index (χ0v) is 20.8. The molecule has 1 heterocycles. The van der Waals surface area contributed by atoms with Crippen LogP contribution in [0.4, 0.5) is 4.79 Å². The Bertz CT molecular complexity index is 776. The normalized spacial score (nSPS) is 19.0. The van der Waals surface area contributed by atoms with Gasteiger partial charge in [-0.05, 0) is 70.1 Å². The number of amides is 1. The lowest BCUT2D eigenvalue weighted by Crippen LogP contribution is -2.44. The Morgan fingerprint density at radius 3 is 2.73 bits per heavy atom. The molecule has 1 atom stereocenters. The van der Waals surface area contributed by atoms with E-state index in [0.29, 0.717) is 18.8 Å². The first kappa shape index (κ1) is 24.6. The summed E-state index contributed by atoms with van der Waals surface area (Å²) in [5, 5.41) is 16.7. The third-order valence-electron chi connectivity index (χ3n) is 5.47. The van der Waals surface area contributed by atoms with E-state index < -0.39 is 5.60 Å². The van der Waals surface area contributed by atoms with Gasteiger partial charge in [0.15, 0.2) is 5.96 Å². The number of nitrogens with one attached hydrogen (secondary N) is 2. The number of rotatable bonds is 3. The first-order valence-corrected chi connectivity index (χ1v) is 10.5. The Hall–Kier alpha value is -1.71. The van der Waals surface area contributed by atoms with Crippen LogP contribution in [0.15, 0.2) is 17.1 Å². The molecule has 1 aliphatic carbocycles. The number of aryl methyl sites for hydroxylation is 1. The van der Waals surface area contributed by atoms with Gasteiger partial charge in [0.25, 0.3) is 0 Å². The van der Waals surface area contributed by atoms with Gasteiger partial charge in [-0.25, -0.2) is 4.79 Å². The predicted molar refractivity (Wildman–Crippen MR) is 130 cm³/mol. The number of aliphatic imine (C=N–C) groups is 1. The number of hydrogen-bond donors (Lipinski definition) is 3. The summed E-state index contributed by atoms with van der Waals surface area (Å²) in [5.41, 5.74) is 3.11. The molecule has 0 radical (unpaired) electrons. The van der Waals surface area contributed by atoms with Crippen molar-refractivity contribution in [3.8, 4) is 5.75 Å². The number of carbonyl (C=O) groups is 1. The third kappa shape index (κ3) is 6.39. The first-order valence-electron chi connectivity index (χ1n) is 10.5. The van der Waals surface area contributed by atoms with Gasteiger partial charge in [-0.1, -0.05) is 6.07 Å². The molecular formula is C22H35IN4O3. The second-order valence-electron chi connectivity index (χ2n) is 8.89. The highest BCUT2D eigenvalue weighted by Gasteiger charge is 2.28. The molecule has 2 aliphatic rings. The molecule has 0 bridgehead atoms. The van der Waals surface area contributed by atoms with Gasteiger partial charge >= 0.3 is 6.09 Å². The zero-order valence-electron chi connectivity index (χ0n) is 18.5. The minimum Gasteiger partial charge on any atom is -0.508 e. The Kier molecular flexibility index (Phi) is 8.63. The van der Waals surface area contributed by atoms with Crippen LogP contribution in [0.2, 0.25) is 0 Å². The highest BCUT2D eigenvalue weighted by atomic mass is 127. The van der Waals surface area contributed by atoms with Crippen molar-refractivity contribution in [1.29, 1.82) is 0 Å². The molecule has 1 aromatic carbocycles. The SMILES string of the molecule is CN=C(NCc1c(O)ccc2c1CCCC2)N1CCC(NC(=O)OC(C)(C)C)C1.I. The highest BCUT2D eigenvalue weighted by Crippen LogP contribution is 2.30. The van der Waals surface area contributed by atoms with Crippen molar-refractivity contribution in [2.24, 2.45) is 4.99 Å². The van der Waals surface area contributed by atoms with Gasteiger partial charge in [0, 0.05) is 32.2 Å². The summed E-state index contributed by atoms with van der Waals surface area (Å²) >= 11 is 0. The molecule has 3 rings (SSSR count). The molecule has 168 valence electrons. The van der Waals surface area contributed by atoms with E-state index in [1.807, 2.05) is 20.8 Å². The lowest BCUT2D eigenvalue weighted by Gasteiger charge is -2.25. The number of carbonyl (C=O) groups excluding carboxylic acids is 1. The van der Waals surface area contributed by atoms with Gasteiger partial charge in [0.05, 0.1) is 6.04 Å². The monoisotopic (exact) mass is 530 g/mol. The van der Waals surface area contributed by atoms with Gasteiger partial charge in [0.1, 0.15) is 11.4 Å². The molecule has 3 N–H and O–H groups in total. The van der Waals surface area contributed by atoms with Crippen molar-refractivity contribution >= 4 is 36.0 Å². The quantitative estimate of drug-likeness (QED) is 0.316. The van der Waals surface area contributed by atoms with Crippen LogP contribution in [0.5, 0.6) is 5.75 Å². The fraction of sp³-hybridized carbons (Fsp3) is 0.636. The van der Waals surface area contributed by atoms with Crippen molar-refractivity contribution in [1.82, 2.24) is 15.5 Å². The molecule has 1 unspecified atom stereocenters. The van der Waals surface area contributed by atoms with Crippen molar-refractivity contribution in [3.05, 3.63) is 28.8 Å². The maximum atomic E-state index is 12.0. The van der Waals surface area contributed by atoms with Crippen LogP contribution in [0.25, 0.3) is 0 Å². The molecule has 1 aromatic rings. The molecule has 1 saturated heterocycles. The highest BCUT2D eigenvalue weighted by molar-refractivity contribution is 14.0. The Balaban J connectivity index is 0.00000320. The Morgan fingerprint density at radius 2 is 2.03 bits per heavy atom. The minimum atomic E-state index is -0.503. The second kappa shape index (κ2) is 10.5. The maximum Gasteiger partial charge on any atom is 0.407 e. The number of hydrogen-bond acceptors (Lipinski definition) is 4. The number of likely N-dealkylation sites (tertiary alicyclic amines) is 1. The fourth-order valence-corrected chi connectivity index (χ4v) is 4.13. The van der Waals surface area contributed by atoms with Crippen molar-refractivity contribution in [3.63, 3.8) is 0 Å². The number of nitrogens with zero attached hydrogens (tertiary/aromatic N) is 2. The lowest BCUT2D eigenvalue weighted by atomic mass is 9.88. The molecule has 1 amide bonds. The number of phenolic OH excluding ortho intramolecular Hbond substituents is 1. The standard InChI is InChI=1S/C22H34N4O3.HI/c1-22(2,3)29-21(28)25-16-11-12-26(14-16)20(23-4)24-13-18-17-8-6-5-7-15(17)9-10-19(18)27;/h9-10,16,27H,5-8,11-14H2,1-4H3,(H,23,24)(H,25,28);1H. The number of halogens is 1. The van der Waals surface area contributed by atoms with E-state index in [0.717, 1.165) is 37.3 Å². The average Bonchev–Trinajstić information content (AvgIpc) is 3.10. The van der Waals surface area contributed by atoms with Crippen LogP contribution in [-0.4, -0.2) is 53.8 Å². The van der Waals surface area contributed by atoms with Crippen LogP contribution >= 0.6 is 24.0 Å². The maximum absolute atomic E-state index is 12.0. The number of fused-ring (bicyclic) bond motifs is 1. The molecular weight excluding hydrogens is 495 g/mol. The zero-order chi connectivity index (χ0) is 21.0. The minimum absolute atomic E-state index is 0. The van der Waals surface area contributed by atoms with Gasteiger partial charge in [-0.15, -0.1) is 24.0 Å². The summed E-state index contributed by atoms with van der Waals surface area (Å²) < 4.78 is 5.35. The summed E-state index contributed by atoms with van der Waals surface area (Å²) in [6.07, 6.45) is 4.94. The molecule has 0 saturated carbocycles. The van der Waals surface area contributed by atoms with Crippen LogP contribution in [-0.2, 0) is 24.1 Å². The number of guanidine groups is 1. The van der Waals surface area contributed by atoms with Crippen LogP contribution < -0.4 is 10.6 Å². The summed E-state index contributed by atoms with van der Waals surface area (Å²) in [7, 11) is 1.76. The van der Waals surface area contributed by atoms with Crippen LogP contribution in [0, 0.1) is 0 Å². The summed E-state index contributed by atoms with van der Waals surface area (Å²) in [6.45, 7) is 7.60. The number of benzene rings is 1.